The number of rotatable bonds is 5. The highest BCUT2D eigenvalue weighted by Gasteiger charge is 2.07. The molecule has 0 unspecified atom stereocenters. The number of nitrogens with zero attached hydrogens (tertiary/aromatic N) is 1. The molecule has 2 aromatic heterocycles. The molecule has 0 aliphatic heterocycles. The number of benzene rings is 1. The molecular weight excluding hydrogens is 284 g/mol. The summed E-state index contributed by atoms with van der Waals surface area (Å²) in [5, 5.41) is 6.60. The summed E-state index contributed by atoms with van der Waals surface area (Å²) in [5.74, 6) is 2.49. The molecule has 0 radical (unpaired) electrons. The number of aromatic nitrogens is 1. The minimum atomic E-state index is 0.648. The Morgan fingerprint density at radius 2 is 2.05 bits per heavy atom. The van der Waals surface area contributed by atoms with Gasteiger partial charge in [-0.1, -0.05) is 0 Å². The van der Waals surface area contributed by atoms with Crippen LogP contribution in [0.1, 0.15) is 5.56 Å². The Kier molecular flexibility index (Phi) is 3.92. The number of anilines is 1. The number of hydrogen-bond donors (Lipinski definition) is 1. The molecule has 0 aliphatic carbocycles. The van der Waals surface area contributed by atoms with Crippen LogP contribution in [0, 0.1) is 0 Å². The highest BCUT2D eigenvalue weighted by atomic mass is 32.1. The molecule has 0 aliphatic rings. The Hall–Kier alpha value is -2.27. The molecule has 108 valence electrons. The quantitative estimate of drug-likeness (QED) is 0.775. The lowest BCUT2D eigenvalue weighted by Crippen LogP contribution is -2.03. The Labute approximate surface area is 127 Å². The van der Waals surface area contributed by atoms with Crippen LogP contribution in [0.3, 0.4) is 0 Å². The number of fused-ring (bicyclic) bond motifs is 1. The SMILES string of the molecule is COc1ccc(CNc2nccc3sccc23)c(OC)c1. The predicted molar refractivity (Wildman–Crippen MR) is 86.5 cm³/mol. The maximum absolute atomic E-state index is 5.41. The van der Waals surface area contributed by atoms with E-state index in [1.54, 1.807) is 25.6 Å². The molecule has 3 rings (SSSR count). The Morgan fingerprint density at radius 1 is 1.14 bits per heavy atom. The van der Waals surface area contributed by atoms with Crippen LogP contribution in [0.5, 0.6) is 11.5 Å². The predicted octanol–water partition coefficient (Wildman–Crippen LogP) is 3.93. The highest BCUT2D eigenvalue weighted by molar-refractivity contribution is 7.17. The van der Waals surface area contributed by atoms with E-state index in [-0.39, 0.29) is 0 Å². The van der Waals surface area contributed by atoms with Crippen LogP contribution >= 0.6 is 11.3 Å². The van der Waals surface area contributed by atoms with Gasteiger partial charge in [-0.25, -0.2) is 4.98 Å². The first-order valence-electron chi connectivity index (χ1n) is 6.59. The topological polar surface area (TPSA) is 43.4 Å². The van der Waals surface area contributed by atoms with Crippen LogP contribution in [0.4, 0.5) is 5.82 Å². The van der Waals surface area contributed by atoms with Crippen LogP contribution in [-0.2, 0) is 6.54 Å². The fourth-order valence-electron chi connectivity index (χ4n) is 2.21. The zero-order chi connectivity index (χ0) is 14.7. The van der Waals surface area contributed by atoms with E-state index in [0.717, 1.165) is 28.3 Å². The summed E-state index contributed by atoms with van der Waals surface area (Å²) in [6.45, 7) is 0.648. The van der Waals surface area contributed by atoms with E-state index in [9.17, 15) is 0 Å². The molecule has 0 saturated heterocycles. The van der Waals surface area contributed by atoms with Gasteiger partial charge in [0.05, 0.1) is 14.2 Å². The molecule has 0 bridgehead atoms. The van der Waals surface area contributed by atoms with Crippen LogP contribution in [-0.4, -0.2) is 19.2 Å². The van der Waals surface area contributed by atoms with Crippen molar-refractivity contribution >= 4 is 27.2 Å². The zero-order valence-electron chi connectivity index (χ0n) is 11.9. The van der Waals surface area contributed by atoms with Gasteiger partial charge in [0, 0.05) is 34.5 Å². The van der Waals surface area contributed by atoms with Crippen molar-refractivity contribution in [3.8, 4) is 11.5 Å². The average Bonchev–Trinajstić information content (AvgIpc) is 3.01. The molecule has 1 aromatic carbocycles. The van der Waals surface area contributed by atoms with Crippen molar-refractivity contribution in [1.29, 1.82) is 0 Å². The Balaban J connectivity index is 1.83. The van der Waals surface area contributed by atoms with E-state index in [1.165, 1.54) is 4.70 Å². The van der Waals surface area contributed by atoms with E-state index in [4.69, 9.17) is 9.47 Å². The summed E-state index contributed by atoms with van der Waals surface area (Å²) in [5.41, 5.74) is 1.06. The standard InChI is InChI=1S/C16H16N2O2S/c1-19-12-4-3-11(14(9-12)20-2)10-18-16-13-6-8-21-15(13)5-7-17-16/h3-9H,10H2,1-2H3,(H,17,18). The van der Waals surface area contributed by atoms with Crippen LogP contribution in [0.15, 0.2) is 41.9 Å². The second kappa shape index (κ2) is 6.01. The van der Waals surface area contributed by atoms with Gasteiger partial charge in [-0.2, -0.15) is 0 Å². The van der Waals surface area contributed by atoms with Crippen molar-refractivity contribution in [3.63, 3.8) is 0 Å². The van der Waals surface area contributed by atoms with Crippen molar-refractivity contribution < 1.29 is 9.47 Å². The molecule has 0 fully saturated rings. The van der Waals surface area contributed by atoms with Gasteiger partial charge in [0.2, 0.25) is 0 Å². The average molecular weight is 300 g/mol. The summed E-state index contributed by atoms with van der Waals surface area (Å²) >= 11 is 1.71. The van der Waals surface area contributed by atoms with Gasteiger partial charge < -0.3 is 14.8 Å². The minimum absolute atomic E-state index is 0.648. The molecular formula is C16H16N2O2S. The molecule has 1 N–H and O–H groups in total. The lowest BCUT2D eigenvalue weighted by Gasteiger charge is -2.12. The largest absolute Gasteiger partial charge is 0.497 e. The van der Waals surface area contributed by atoms with Gasteiger partial charge in [-0.3, -0.25) is 0 Å². The summed E-state index contributed by atoms with van der Waals surface area (Å²) in [6, 6.07) is 9.92. The first-order valence-corrected chi connectivity index (χ1v) is 7.47. The third kappa shape index (κ3) is 2.78. The molecule has 0 saturated carbocycles. The number of methoxy groups -OCH3 is 2. The Morgan fingerprint density at radius 3 is 2.86 bits per heavy atom. The molecule has 0 amide bonds. The van der Waals surface area contributed by atoms with Gasteiger partial charge in [0.25, 0.3) is 0 Å². The van der Waals surface area contributed by atoms with Crippen LogP contribution in [0.2, 0.25) is 0 Å². The van der Waals surface area contributed by atoms with Gasteiger partial charge in [0.1, 0.15) is 17.3 Å². The summed E-state index contributed by atoms with van der Waals surface area (Å²) in [4.78, 5) is 4.41. The monoisotopic (exact) mass is 300 g/mol. The van der Waals surface area contributed by atoms with Crippen molar-refractivity contribution in [3.05, 3.63) is 47.5 Å². The number of ether oxygens (including phenoxy) is 2. The molecule has 0 spiro atoms. The molecule has 0 atom stereocenters. The van der Waals surface area contributed by atoms with Crippen LogP contribution < -0.4 is 14.8 Å². The second-order valence-electron chi connectivity index (χ2n) is 4.52. The molecule has 21 heavy (non-hydrogen) atoms. The number of nitrogens with one attached hydrogen (secondary N) is 1. The third-order valence-electron chi connectivity index (χ3n) is 3.32. The lowest BCUT2D eigenvalue weighted by molar-refractivity contribution is 0.391. The normalized spacial score (nSPS) is 10.6. The fraction of sp³-hybridized carbons (Fsp3) is 0.188. The maximum atomic E-state index is 5.41. The van der Waals surface area contributed by atoms with E-state index in [1.807, 2.05) is 30.5 Å². The van der Waals surface area contributed by atoms with Crippen molar-refractivity contribution in [2.24, 2.45) is 0 Å². The summed E-state index contributed by atoms with van der Waals surface area (Å²) in [6.07, 6.45) is 1.83. The maximum Gasteiger partial charge on any atom is 0.134 e. The smallest absolute Gasteiger partial charge is 0.134 e. The van der Waals surface area contributed by atoms with Crippen molar-refractivity contribution in [2.75, 3.05) is 19.5 Å². The van der Waals surface area contributed by atoms with E-state index < -0.39 is 0 Å². The number of thiophene rings is 1. The fourth-order valence-corrected chi connectivity index (χ4v) is 2.99. The zero-order valence-corrected chi connectivity index (χ0v) is 12.7. The van der Waals surface area contributed by atoms with E-state index in [0.29, 0.717) is 6.54 Å². The molecule has 4 nitrogen and oxygen atoms in total. The van der Waals surface area contributed by atoms with Crippen LogP contribution in [0.25, 0.3) is 10.1 Å². The molecule has 5 heteroatoms. The van der Waals surface area contributed by atoms with Gasteiger partial charge >= 0.3 is 0 Å². The number of pyridine rings is 1. The second-order valence-corrected chi connectivity index (χ2v) is 5.47. The summed E-state index contributed by atoms with van der Waals surface area (Å²) in [7, 11) is 3.31. The van der Waals surface area contributed by atoms with E-state index >= 15 is 0 Å². The lowest BCUT2D eigenvalue weighted by atomic mass is 10.2. The van der Waals surface area contributed by atoms with Crippen molar-refractivity contribution in [1.82, 2.24) is 4.98 Å². The number of hydrogen-bond acceptors (Lipinski definition) is 5. The highest BCUT2D eigenvalue weighted by Crippen LogP contribution is 2.28. The first-order chi connectivity index (χ1) is 10.3. The summed E-state index contributed by atoms with van der Waals surface area (Å²) < 4.78 is 11.9. The van der Waals surface area contributed by atoms with Gasteiger partial charge in [-0.05, 0) is 29.6 Å². The minimum Gasteiger partial charge on any atom is -0.497 e. The molecule has 3 aromatic rings. The third-order valence-corrected chi connectivity index (χ3v) is 4.20. The van der Waals surface area contributed by atoms with Gasteiger partial charge in [-0.15, -0.1) is 11.3 Å². The van der Waals surface area contributed by atoms with Crippen molar-refractivity contribution in [2.45, 2.75) is 6.54 Å². The Bertz CT molecular complexity index is 755. The van der Waals surface area contributed by atoms with E-state index in [2.05, 4.69) is 21.7 Å². The van der Waals surface area contributed by atoms with Gasteiger partial charge in [0.15, 0.2) is 0 Å². The first kappa shape index (κ1) is 13.7. The molecule has 2 heterocycles.